The number of methoxy groups -OCH3 is 2. The fourth-order valence-electron chi connectivity index (χ4n) is 5.25. The SMILES string of the molecule is COc1ccc(Cn2c(C)cc(OCc3ccccc3CNC(=O)Nc3cc(C(C)(C)C)nn3-c3ccc(C)cc3)c(Br)c2=O)c(OC)c1. The van der Waals surface area contributed by atoms with E-state index in [4.69, 9.17) is 19.3 Å². The monoisotopic (exact) mass is 727 g/mol. The topological polar surface area (TPSA) is 109 Å². The van der Waals surface area contributed by atoms with E-state index in [9.17, 15) is 9.59 Å². The first kappa shape index (κ1) is 35.3. The zero-order chi connectivity index (χ0) is 35.3. The van der Waals surface area contributed by atoms with Gasteiger partial charge in [-0.05, 0) is 65.2 Å². The summed E-state index contributed by atoms with van der Waals surface area (Å²) in [5, 5.41) is 10.8. The van der Waals surface area contributed by atoms with Crippen LogP contribution in [0.5, 0.6) is 17.2 Å². The highest BCUT2D eigenvalue weighted by atomic mass is 79.9. The smallest absolute Gasteiger partial charge is 0.320 e. The van der Waals surface area contributed by atoms with Crippen LogP contribution in [0.4, 0.5) is 10.6 Å². The molecule has 0 saturated heterocycles. The molecule has 0 saturated carbocycles. The van der Waals surface area contributed by atoms with E-state index < -0.39 is 0 Å². The number of rotatable bonds is 11. The molecule has 0 radical (unpaired) electrons. The molecule has 0 bridgehead atoms. The van der Waals surface area contributed by atoms with Crippen LogP contribution in [0.25, 0.3) is 5.69 Å². The Hall–Kier alpha value is -5.03. The van der Waals surface area contributed by atoms with Crippen molar-refractivity contribution in [1.82, 2.24) is 19.7 Å². The minimum atomic E-state index is -0.361. The molecule has 5 rings (SSSR count). The van der Waals surface area contributed by atoms with E-state index in [0.29, 0.717) is 34.1 Å². The molecule has 0 aliphatic carbocycles. The third kappa shape index (κ3) is 8.34. The Bertz CT molecular complexity index is 2010. The molecule has 256 valence electrons. The van der Waals surface area contributed by atoms with E-state index >= 15 is 0 Å². The Kier molecular flexibility index (Phi) is 10.8. The molecular weight excluding hydrogens is 686 g/mol. The van der Waals surface area contributed by atoms with Gasteiger partial charge in [-0.2, -0.15) is 5.10 Å². The predicted molar refractivity (Wildman–Crippen MR) is 195 cm³/mol. The lowest BCUT2D eigenvalue weighted by Gasteiger charge is -2.17. The molecule has 0 spiro atoms. The summed E-state index contributed by atoms with van der Waals surface area (Å²) >= 11 is 3.47. The molecule has 0 atom stereocenters. The standard InChI is InChI=1S/C38H42BrN5O5/c1-24-12-15-29(16-13-24)44-34(20-33(42-44)38(3,4)5)41-37(46)40-21-26-10-8-9-11-28(26)23-49-32-18-25(2)43(36(45)35(32)39)22-27-14-17-30(47-6)19-31(27)48-7/h8-20H,21-23H2,1-7H3,(H2,40,41,46). The van der Waals surface area contributed by atoms with Crippen LogP contribution in [0.3, 0.4) is 0 Å². The van der Waals surface area contributed by atoms with Crippen molar-refractivity contribution in [3.05, 3.63) is 127 Å². The molecule has 2 N–H and O–H groups in total. The summed E-state index contributed by atoms with van der Waals surface area (Å²) in [6.07, 6.45) is 0. The number of carbonyl (C=O) groups excluding carboxylic acids is 1. The summed E-state index contributed by atoms with van der Waals surface area (Å²) < 4.78 is 20.7. The number of carbonyl (C=O) groups is 1. The number of pyridine rings is 1. The fraction of sp³-hybridized carbons (Fsp3) is 0.289. The molecule has 10 nitrogen and oxygen atoms in total. The van der Waals surface area contributed by atoms with E-state index in [2.05, 4.69) is 47.3 Å². The second-order valence-corrected chi connectivity index (χ2v) is 13.6. The Balaban J connectivity index is 1.27. The summed E-state index contributed by atoms with van der Waals surface area (Å²) in [4.78, 5) is 26.6. The van der Waals surface area contributed by atoms with E-state index in [0.717, 1.165) is 39.3 Å². The third-order valence-electron chi connectivity index (χ3n) is 8.18. The molecular formula is C38H42BrN5O5. The van der Waals surface area contributed by atoms with Crippen molar-refractivity contribution >= 4 is 27.8 Å². The number of hydrogen-bond acceptors (Lipinski definition) is 6. The average Bonchev–Trinajstić information content (AvgIpc) is 3.51. The number of aryl methyl sites for hydroxylation is 2. The van der Waals surface area contributed by atoms with Gasteiger partial charge in [0.05, 0.1) is 32.1 Å². The first-order chi connectivity index (χ1) is 23.4. The molecule has 0 aliphatic heterocycles. The fourth-order valence-corrected chi connectivity index (χ4v) is 5.69. The van der Waals surface area contributed by atoms with Crippen molar-refractivity contribution in [3.63, 3.8) is 0 Å². The Morgan fingerprint density at radius 2 is 1.59 bits per heavy atom. The number of amides is 2. The Morgan fingerprint density at radius 1 is 0.878 bits per heavy atom. The lowest BCUT2D eigenvalue weighted by atomic mass is 9.92. The molecule has 49 heavy (non-hydrogen) atoms. The van der Waals surface area contributed by atoms with Crippen molar-refractivity contribution in [3.8, 4) is 22.9 Å². The van der Waals surface area contributed by atoms with Gasteiger partial charge in [0.25, 0.3) is 5.56 Å². The van der Waals surface area contributed by atoms with E-state index in [1.54, 1.807) is 29.5 Å². The van der Waals surface area contributed by atoms with Gasteiger partial charge in [-0.1, -0.05) is 62.7 Å². The quantitative estimate of drug-likeness (QED) is 0.145. The van der Waals surface area contributed by atoms with E-state index in [-0.39, 0.29) is 30.2 Å². The summed E-state index contributed by atoms with van der Waals surface area (Å²) in [7, 11) is 3.18. The number of benzene rings is 3. The Labute approximate surface area is 295 Å². The highest BCUT2D eigenvalue weighted by Gasteiger charge is 2.22. The van der Waals surface area contributed by atoms with Gasteiger partial charge in [-0.25, -0.2) is 9.48 Å². The highest BCUT2D eigenvalue weighted by Crippen LogP contribution is 2.29. The van der Waals surface area contributed by atoms with Crippen LogP contribution in [-0.2, 0) is 25.1 Å². The van der Waals surface area contributed by atoms with Crippen molar-refractivity contribution in [1.29, 1.82) is 0 Å². The molecule has 0 fully saturated rings. The summed E-state index contributed by atoms with van der Waals surface area (Å²) in [6, 6.07) is 24.6. The maximum absolute atomic E-state index is 13.4. The zero-order valence-electron chi connectivity index (χ0n) is 28.9. The maximum Gasteiger partial charge on any atom is 0.320 e. The molecule has 3 aromatic carbocycles. The summed E-state index contributed by atoms with van der Waals surface area (Å²) in [6.45, 7) is 10.9. The van der Waals surface area contributed by atoms with Crippen LogP contribution in [-0.4, -0.2) is 34.6 Å². The number of hydrogen-bond donors (Lipinski definition) is 2. The number of ether oxygens (including phenoxy) is 3. The number of nitrogens with zero attached hydrogens (tertiary/aromatic N) is 3. The minimum Gasteiger partial charge on any atom is -0.497 e. The minimum absolute atomic E-state index is 0.197. The van der Waals surface area contributed by atoms with Crippen LogP contribution in [0, 0.1) is 13.8 Å². The third-order valence-corrected chi connectivity index (χ3v) is 8.91. The van der Waals surface area contributed by atoms with Gasteiger partial charge < -0.3 is 24.1 Å². The van der Waals surface area contributed by atoms with E-state index in [1.165, 1.54) is 0 Å². The van der Waals surface area contributed by atoms with Gasteiger partial charge in [0.1, 0.15) is 34.1 Å². The van der Waals surface area contributed by atoms with E-state index in [1.807, 2.05) is 86.6 Å². The lowest BCUT2D eigenvalue weighted by molar-refractivity contribution is 0.251. The van der Waals surface area contributed by atoms with Gasteiger partial charge in [0, 0.05) is 41.4 Å². The largest absolute Gasteiger partial charge is 0.497 e. The van der Waals surface area contributed by atoms with Crippen LogP contribution >= 0.6 is 15.9 Å². The summed E-state index contributed by atoms with van der Waals surface area (Å²) in [5.74, 6) is 2.31. The molecule has 0 aliphatic rings. The molecule has 5 aromatic rings. The number of nitrogens with one attached hydrogen (secondary N) is 2. The molecule has 2 aromatic heterocycles. The molecule has 11 heteroatoms. The zero-order valence-corrected chi connectivity index (χ0v) is 30.5. The molecule has 2 amide bonds. The van der Waals surface area contributed by atoms with Gasteiger partial charge in [0.2, 0.25) is 0 Å². The van der Waals surface area contributed by atoms with Crippen molar-refractivity contribution < 1.29 is 19.0 Å². The van der Waals surface area contributed by atoms with Gasteiger partial charge in [-0.3, -0.25) is 10.1 Å². The number of aromatic nitrogens is 3. The first-order valence-corrected chi connectivity index (χ1v) is 16.7. The van der Waals surface area contributed by atoms with Crippen molar-refractivity contribution in [2.45, 2.75) is 59.7 Å². The second kappa shape index (κ2) is 15.0. The van der Waals surface area contributed by atoms with Crippen LogP contribution < -0.4 is 30.4 Å². The molecule has 2 heterocycles. The Morgan fingerprint density at radius 3 is 2.27 bits per heavy atom. The molecule has 0 unspecified atom stereocenters. The maximum atomic E-state index is 13.4. The highest BCUT2D eigenvalue weighted by molar-refractivity contribution is 9.10. The van der Waals surface area contributed by atoms with Crippen LogP contribution in [0.15, 0.2) is 88.1 Å². The van der Waals surface area contributed by atoms with Gasteiger partial charge in [0.15, 0.2) is 0 Å². The number of halogens is 1. The predicted octanol–water partition coefficient (Wildman–Crippen LogP) is 7.68. The van der Waals surface area contributed by atoms with Crippen molar-refractivity contribution in [2.75, 3.05) is 19.5 Å². The lowest BCUT2D eigenvalue weighted by Crippen LogP contribution is -2.29. The van der Waals surface area contributed by atoms with Crippen LogP contribution in [0.2, 0.25) is 0 Å². The van der Waals surface area contributed by atoms with Crippen LogP contribution in [0.1, 0.15) is 54.4 Å². The van der Waals surface area contributed by atoms with Gasteiger partial charge in [-0.15, -0.1) is 0 Å². The second-order valence-electron chi connectivity index (χ2n) is 12.8. The van der Waals surface area contributed by atoms with Gasteiger partial charge >= 0.3 is 6.03 Å². The first-order valence-electron chi connectivity index (χ1n) is 15.9. The number of anilines is 1. The average molecular weight is 729 g/mol. The number of urea groups is 1. The normalized spacial score (nSPS) is 11.3. The van der Waals surface area contributed by atoms with Crippen molar-refractivity contribution in [2.24, 2.45) is 0 Å². The summed E-state index contributed by atoms with van der Waals surface area (Å²) in [5.41, 5.74) is 5.76.